The van der Waals surface area contributed by atoms with Gasteiger partial charge in [0.2, 0.25) is 0 Å². The summed E-state index contributed by atoms with van der Waals surface area (Å²) in [5.74, 6) is 0. The maximum Gasteiger partial charge on any atom is 0.0172 e. The van der Waals surface area contributed by atoms with Crippen molar-refractivity contribution in [2.75, 3.05) is 13.1 Å². The van der Waals surface area contributed by atoms with Crippen LogP contribution >= 0.6 is 12.4 Å². The van der Waals surface area contributed by atoms with Crippen LogP contribution in [-0.4, -0.2) is 18.0 Å². The number of nitrogens with zero attached hydrogens (tertiary/aromatic N) is 1. The minimum Gasteiger partial charge on any atom is -0.377 e. The van der Waals surface area contributed by atoms with Gasteiger partial charge in [-0.25, -0.2) is 0 Å². The molecule has 1 saturated heterocycles. The molecule has 1 heterocycles. The molecule has 0 radical (unpaired) electrons. The summed E-state index contributed by atoms with van der Waals surface area (Å²) in [6, 6.07) is 21.4. The van der Waals surface area contributed by atoms with Crippen molar-refractivity contribution in [1.29, 1.82) is 0 Å². The van der Waals surface area contributed by atoms with Crippen LogP contribution in [0.4, 0.5) is 0 Å². The van der Waals surface area contributed by atoms with Crippen LogP contribution in [0.15, 0.2) is 66.9 Å². The highest BCUT2D eigenvalue weighted by atomic mass is 35.5. The summed E-state index contributed by atoms with van der Waals surface area (Å²) < 4.78 is 0. The lowest BCUT2D eigenvalue weighted by atomic mass is 9.98. The number of piperidine rings is 1. The van der Waals surface area contributed by atoms with Gasteiger partial charge in [-0.1, -0.05) is 60.7 Å². The van der Waals surface area contributed by atoms with Gasteiger partial charge in [-0.3, -0.25) is 0 Å². The fourth-order valence-corrected chi connectivity index (χ4v) is 2.78. The summed E-state index contributed by atoms with van der Waals surface area (Å²) in [4.78, 5) is 2.47. The highest BCUT2D eigenvalue weighted by Crippen LogP contribution is 2.24. The summed E-state index contributed by atoms with van der Waals surface area (Å²) in [6.07, 6.45) is 6.35. The molecule has 1 aliphatic heterocycles. The Morgan fingerprint density at radius 1 is 0.714 bits per heavy atom. The molecule has 0 spiro atoms. The molecule has 0 amide bonds. The third kappa shape index (κ3) is 4.12. The summed E-state index contributed by atoms with van der Waals surface area (Å²) in [7, 11) is 0. The molecule has 0 aliphatic carbocycles. The second kappa shape index (κ2) is 7.90. The highest BCUT2D eigenvalue weighted by molar-refractivity contribution is 5.85. The van der Waals surface area contributed by atoms with Crippen molar-refractivity contribution < 1.29 is 0 Å². The Labute approximate surface area is 133 Å². The molecule has 110 valence electrons. The molecule has 21 heavy (non-hydrogen) atoms. The Hall–Kier alpha value is -1.73. The van der Waals surface area contributed by atoms with Gasteiger partial charge in [-0.2, -0.15) is 0 Å². The van der Waals surface area contributed by atoms with E-state index in [4.69, 9.17) is 0 Å². The van der Waals surface area contributed by atoms with Gasteiger partial charge in [0.25, 0.3) is 0 Å². The molecule has 0 saturated carbocycles. The van der Waals surface area contributed by atoms with Crippen LogP contribution in [0, 0.1) is 0 Å². The Balaban J connectivity index is 0.00000161. The zero-order chi connectivity index (χ0) is 13.6. The van der Waals surface area contributed by atoms with E-state index in [0.717, 1.165) is 0 Å². The van der Waals surface area contributed by atoms with Crippen molar-refractivity contribution in [2.24, 2.45) is 0 Å². The first-order chi connectivity index (χ1) is 9.93. The van der Waals surface area contributed by atoms with Crippen molar-refractivity contribution in [3.63, 3.8) is 0 Å². The molecule has 0 bridgehead atoms. The first kappa shape index (κ1) is 15.7. The lowest BCUT2D eigenvalue weighted by Gasteiger charge is -2.26. The van der Waals surface area contributed by atoms with Crippen molar-refractivity contribution in [3.05, 3.63) is 78.0 Å². The number of likely N-dealkylation sites (tertiary alicyclic amines) is 1. The van der Waals surface area contributed by atoms with Gasteiger partial charge in [0, 0.05) is 24.9 Å². The maximum absolute atomic E-state index is 2.47. The largest absolute Gasteiger partial charge is 0.377 e. The van der Waals surface area contributed by atoms with Gasteiger partial charge in [0.15, 0.2) is 0 Å². The van der Waals surface area contributed by atoms with Crippen LogP contribution in [0.5, 0.6) is 0 Å². The van der Waals surface area contributed by atoms with Gasteiger partial charge in [-0.05, 0) is 30.4 Å². The molecule has 0 aromatic heterocycles. The molecule has 1 fully saturated rings. The smallest absolute Gasteiger partial charge is 0.0172 e. The quantitative estimate of drug-likeness (QED) is 0.772. The average molecular weight is 300 g/mol. The van der Waals surface area contributed by atoms with E-state index in [-0.39, 0.29) is 12.4 Å². The van der Waals surface area contributed by atoms with Crippen molar-refractivity contribution in [1.82, 2.24) is 4.90 Å². The first-order valence-corrected chi connectivity index (χ1v) is 7.50. The first-order valence-electron chi connectivity index (χ1n) is 7.50. The van der Waals surface area contributed by atoms with Crippen molar-refractivity contribution in [3.8, 4) is 0 Å². The van der Waals surface area contributed by atoms with E-state index in [9.17, 15) is 0 Å². The number of benzene rings is 2. The summed E-state index contributed by atoms with van der Waals surface area (Å²) in [5, 5.41) is 0. The Morgan fingerprint density at radius 2 is 1.19 bits per heavy atom. The SMILES string of the molecule is C(=C(c1ccccc1)c1ccccc1)N1CCCCC1.Cl. The van der Waals surface area contributed by atoms with Crippen LogP contribution < -0.4 is 0 Å². The fraction of sp³-hybridized carbons (Fsp3) is 0.263. The molecule has 1 aliphatic rings. The van der Waals surface area contributed by atoms with Crippen LogP contribution in [0.3, 0.4) is 0 Å². The molecule has 0 unspecified atom stereocenters. The third-order valence-electron chi connectivity index (χ3n) is 3.87. The van der Waals surface area contributed by atoms with E-state index < -0.39 is 0 Å². The molecule has 2 aromatic carbocycles. The molecule has 2 aromatic rings. The average Bonchev–Trinajstić information content (AvgIpc) is 2.55. The van der Waals surface area contributed by atoms with E-state index in [1.807, 2.05) is 0 Å². The predicted octanol–water partition coefficient (Wildman–Crippen LogP) is 4.98. The van der Waals surface area contributed by atoms with Crippen molar-refractivity contribution >= 4 is 18.0 Å². The number of hydrogen-bond donors (Lipinski definition) is 0. The minimum absolute atomic E-state index is 0. The number of hydrogen-bond acceptors (Lipinski definition) is 1. The lowest BCUT2D eigenvalue weighted by molar-refractivity contribution is 0.310. The molecular weight excluding hydrogens is 278 g/mol. The summed E-state index contributed by atoms with van der Waals surface area (Å²) in [6.45, 7) is 2.37. The fourth-order valence-electron chi connectivity index (χ4n) is 2.78. The monoisotopic (exact) mass is 299 g/mol. The van der Waals surface area contributed by atoms with Crippen LogP contribution in [-0.2, 0) is 0 Å². The zero-order valence-electron chi connectivity index (χ0n) is 12.2. The second-order valence-electron chi connectivity index (χ2n) is 5.37. The second-order valence-corrected chi connectivity index (χ2v) is 5.37. The summed E-state index contributed by atoms with van der Waals surface area (Å²) in [5.41, 5.74) is 3.92. The van der Waals surface area contributed by atoms with Gasteiger partial charge in [-0.15, -0.1) is 12.4 Å². The molecule has 0 atom stereocenters. The van der Waals surface area contributed by atoms with Crippen LogP contribution in [0.25, 0.3) is 5.57 Å². The van der Waals surface area contributed by atoms with Gasteiger partial charge in [0.05, 0.1) is 0 Å². The van der Waals surface area contributed by atoms with E-state index in [0.29, 0.717) is 0 Å². The highest BCUT2D eigenvalue weighted by Gasteiger charge is 2.10. The van der Waals surface area contributed by atoms with Gasteiger partial charge in [0.1, 0.15) is 0 Å². The summed E-state index contributed by atoms with van der Waals surface area (Å²) >= 11 is 0. The van der Waals surface area contributed by atoms with Crippen LogP contribution in [0.2, 0.25) is 0 Å². The predicted molar refractivity (Wildman–Crippen MR) is 92.6 cm³/mol. The van der Waals surface area contributed by atoms with Gasteiger partial charge < -0.3 is 4.90 Å². The van der Waals surface area contributed by atoms with E-state index in [1.165, 1.54) is 49.1 Å². The van der Waals surface area contributed by atoms with E-state index >= 15 is 0 Å². The standard InChI is InChI=1S/C19H21N.ClH/c1-4-10-17(11-5-1)19(18-12-6-2-7-13-18)16-20-14-8-3-9-15-20;/h1-2,4-7,10-13,16H,3,8-9,14-15H2;1H. The third-order valence-corrected chi connectivity index (χ3v) is 3.87. The molecule has 2 heteroatoms. The zero-order valence-corrected chi connectivity index (χ0v) is 13.1. The molecule has 0 N–H and O–H groups in total. The topological polar surface area (TPSA) is 3.24 Å². The van der Waals surface area contributed by atoms with E-state index in [2.05, 4.69) is 71.8 Å². The Kier molecular flexibility index (Phi) is 5.89. The maximum atomic E-state index is 2.47. The minimum atomic E-state index is 0. The Morgan fingerprint density at radius 3 is 1.67 bits per heavy atom. The van der Waals surface area contributed by atoms with E-state index in [1.54, 1.807) is 0 Å². The number of halogens is 1. The number of rotatable bonds is 3. The van der Waals surface area contributed by atoms with Crippen molar-refractivity contribution in [2.45, 2.75) is 19.3 Å². The van der Waals surface area contributed by atoms with Crippen LogP contribution in [0.1, 0.15) is 30.4 Å². The van der Waals surface area contributed by atoms with Gasteiger partial charge >= 0.3 is 0 Å². The molecule has 1 nitrogen and oxygen atoms in total. The normalized spacial score (nSPS) is 14.2. The Bertz CT molecular complexity index is 515. The molecule has 3 rings (SSSR count). The molecular formula is C19H22ClN. The lowest BCUT2D eigenvalue weighted by Crippen LogP contribution is -2.24.